The summed E-state index contributed by atoms with van der Waals surface area (Å²) in [5.74, 6) is -0.206. The number of rotatable bonds is 3. The van der Waals surface area contributed by atoms with Gasteiger partial charge < -0.3 is 9.84 Å². The normalized spacial score (nSPS) is 11.0. The van der Waals surface area contributed by atoms with Crippen molar-refractivity contribution in [3.05, 3.63) is 64.7 Å². The molecule has 3 heterocycles. The number of carbonyl (C=O) groups excluding carboxylic acids is 1. The summed E-state index contributed by atoms with van der Waals surface area (Å²) in [7, 11) is 0. The Hall–Kier alpha value is -2.99. The predicted octanol–water partition coefficient (Wildman–Crippen LogP) is 4.82. The third-order valence-electron chi connectivity index (χ3n) is 3.91. The van der Waals surface area contributed by atoms with Gasteiger partial charge in [-0.2, -0.15) is 0 Å². The number of thiophene rings is 1. The monoisotopic (exact) mass is 349 g/mol. The maximum Gasteiger partial charge on any atom is 0.259 e. The molecule has 0 saturated carbocycles. The Balaban J connectivity index is 1.81. The summed E-state index contributed by atoms with van der Waals surface area (Å²) >= 11 is 1.56. The van der Waals surface area contributed by atoms with Crippen LogP contribution in [0.4, 0.5) is 5.69 Å². The van der Waals surface area contributed by atoms with Crippen molar-refractivity contribution in [2.75, 3.05) is 5.32 Å². The number of anilines is 1. The van der Waals surface area contributed by atoms with Crippen molar-refractivity contribution >= 4 is 34.0 Å². The number of pyridine rings is 1. The first-order valence-electron chi connectivity index (χ1n) is 7.81. The molecule has 0 aliphatic heterocycles. The van der Waals surface area contributed by atoms with Crippen LogP contribution in [0.25, 0.3) is 21.7 Å². The lowest BCUT2D eigenvalue weighted by molar-refractivity contribution is 0.102. The topological polar surface area (TPSA) is 68.0 Å². The molecule has 1 amide bonds. The highest BCUT2D eigenvalue weighted by atomic mass is 32.1. The molecule has 0 fully saturated rings. The molecule has 1 N–H and O–H groups in total. The number of nitrogens with zero attached hydrogens (tertiary/aromatic N) is 2. The quantitative estimate of drug-likeness (QED) is 0.576. The SMILES string of the molecule is Cc1cccc(NC(=O)c2cc(-c3cccs3)nc3onc(C)c23)c1. The van der Waals surface area contributed by atoms with Gasteiger partial charge in [-0.05, 0) is 49.1 Å². The maximum atomic E-state index is 12.9. The van der Waals surface area contributed by atoms with Gasteiger partial charge in [0.15, 0.2) is 0 Å². The van der Waals surface area contributed by atoms with E-state index in [1.807, 2.05) is 55.6 Å². The van der Waals surface area contributed by atoms with Crippen molar-refractivity contribution in [2.45, 2.75) is 13.8 Å². The molecule has 5 nitrogen and oxygen atoms in total. The van der Waals surface area contributed by atoms with E-state index in [0.717, 1.165) is 16.1 Å². The highest BCUT2D eigenvalue weighted by Crippen LogP contribution is 2.29. The van der Waals surface area contributed by atoms with E-state index >= 15 is 0 Å². The minimum atomic E-state index is -0.206. The number of amides is 1. The van der Waals surface area contributed by atoms with Crippen molar-refractivity contribution < 1.29 is 9.32 Å². The molecular formula is C19H15N3O2S. The van der Waals surface area contributed by atoms with Crippen LogP contribution in [0.15, 0.2) is 52.4 Å². The Morgan fingerprint density at radius 3 is 2.80 bits per heavy atom. The van der Waals surface area contributed by atoms with Gasteiger partial charge in [-0.25, -0.2) is 4.98 Å². The molecule has 0 aliphatic rings. The van der Waals surface area contributed by atoms with E-state index < -0.39 is 0 Å². The molecule has 0 radical (unpaired) electrons. The summed E-state index contributed by atoms with van der Waals surface area (Å²) in [4.78, 5) is 18.4. The predicted molar refractivity (Wildman–Crippen MR) is 99.0 cm³/mol. The van der Waals surface area contributed by atoms with Crippen molar-refractivity contribution in [1.82, 2.24) is 10.1 Å². The zero-order valence-electron chi connectivity index (χ0n) is 13.7. The van der Waals surface area contributed by atoms with E-state index in [0.29, 0.717) is 28.1 Å². The molecule has 6 heteroatoms. The summed E-state index contributed by atoms with van der Waals surface area (Å²) in [5.41, 5.74) is 4.06. The average Bonchev–Trinajstić information content (AvgIpc) is 3.24. The maximum absolute atomic E-state index is 12.9. The average molecular weight is 349 g/mol. The molecule has 0 spiro atoms. The zero-order chi connectivity index (χ0) is 17.4. The van der Waals surface area contributed by atoms with Gasteiger partial charge in [0.25, 0.3) is 11.6 Å². The lowest BCUT2D eigenvalue weighted by atomic mass is 10.1. The first-order valence-corrected chi connectivity index (χ1v) is 8.69. The summed E-state index contributed by atoms with van der Waals surface area (Å²) in [6, 6.07) is 13.4. The van der Waals surface area contributed by atoms with Crippen LogP contribution in [0.3, 0.4) is 0 Å². The number of hydrogen-bond acceptors (Lipinski definition) is 5. The summed E-state index contributed by atoms with van der Waals surface area (Å²) in [5, 5.41) is 9.53. The van der Waals surface area contributed by atoms with E-state index in [9.17, 15) is 4.79 Å². The fraction of sp³-hybridized carbons (Fsp3) is 0.105. The van der Waals surface area contributed by atoms with Crippen LogP contribution in [0.5, 0.6) is 0 Å². The second-order valence-electron chi connectivity index (χ2n) is 5.80. The molecular weight excluding hydrogens is 334 g/mol. The smallest absolute Gasteiger partial charge is 0.259 e. The Labute approximate surface area is 148 Å². The fourth-order valence-corrected chi connectivity index (χ4v) is 3.43. The van der Waals surface area contributed by atoms with Crippen LogP contribution in [-0.2, 0) is 0 Å². The Morgan fingerprint density at radius 2 is 2.04 bits per heavy atom. The summed E-state index contributed by atoms with van der Waals surface area (Å²) in [6.07, 6.45) is 0. The molecule has 1 aromatic carbocycles. The van der Waals surface area contributed by atoms with E-state index in [4.69, 9.17) is 4.52 Å². The lowest BCUT2D eigenvalue weighted by Gasteiger charge is -2.08. The number of benzene rings is 1. The Bertz CT molecular complexity index is 1070. The number of hydrogen-bond donors (Lipinski definition) is 1. The third kappa shape index (κ3) is 2.92. The van der Waals surface area contributed by atoms with Crippen LogP contribution in [0.1, 0.15) is 21.6 Å². The Kier molecular flexibility index (Phi) is 3.82. The third-order valence-corrected chi connectivity index (χ3v) is 4.80. The van der Waals surface area contributed by atoms with Gasteiger partial charge in [-0.1, -0.05) is 23.4 Å². The van der Waals surface area contributed by atoms with Gasteiger partial charge in [0, 0.05) is 5.69 Å². The van der Waals surface area contributed by atoms with Crippen LogP contribution >= 0.6 is 11.3 Å². The molecule has 3 aromatic heterocycles. The second-order valence-corrected chi connectivity index (χ2v) is 6.75. The van der Waals surface area contributed by atoms with Crippen molar-refractivity contribution in [1.29, 1.82) is 0 Å². The second kappa shape index (κ2) is 6.14. The molecule has 124 valence electrons. The number of fused-ring (bicyclic) bond motifs is 1. The van der Waals surface area contributed by atoms with Gasteiger partial charge in [-0.15, -0.1) is 11.3 Å². The number of nitrogens with one attached hydrogen (secondary N) is 1. The number of aromatic nitrogens is 2. The largest absolute Gasteiger partial charge is 0.335 e. The Morgan fingerprint density at radius 1 is 1.16 bits per heavy atom. The van der Waals surface area contributed by atoms with Crippen molar-refractivity contribution in [2.24, 2.45) is 0 Å². The zero-order valence-corrected chi connectivity index (χ0v) is 14.6. The van der Waals surface area contributed by atoms with Gasteiger partial charge in [0.2, 0.25) is 0 Å². The summed E-state index contributed by atoms with van der Waals surface area (Å²) < 4.78 is 5.31. The van der Waals surface area contributed by atoms with E-state index in [1.165, 1.54) is 0 Å². The first kappa shape index (κ1) is 15.5. The highest BCUT2D eigenvalue weighted by molar-refractivity contribution is 7.13. The van der Waals surface area contributed by atoms with Crippen LogP contribution in [-0.4, -0.2) is 16.0 Å². The van der Waals surface area contributed by atoms with Crippen molar-refractivity contribution in [3.63, 3.8) is 0 Å². The minimum absolute atomic E-state index is 0.206. The number of aryl methyl sites for hydroxylation is 2. The fourth-order valence-electron chi connectivity index (χ4n) is 2.75. The molecule has 0 bridgehead atoms. The van der Waals surface area contributed by atoms with Gasteiger partial charge >= 0.3 is 0 Å². The molecule has 0 aliphatic carbocycles. The van der Waals surface area contributed by atoms with E-state index in [2.05, 4.69) is 15.5 Å². The molecule has 0 atom stereocenters. The van der Waals surface area contributed by atoms with Crippen LogP contribution < -0.4 is 5.32 Å². The highest BCUT2D eigenvalue weighted by Gasteiger charge is 2.19. The van der Waals surface area contributed by atoms with Gasteiger partial charge in [0.1, 0.15) is 0 Å². The first-order chi connectivity index (χ1) is 12.1. The minimum Gasteiger partial charge on any atom is -0.335 e. The molecule has 4 rings (SSSR count). The van der Waals surface area contributed by atoms with Gasteiger partial charge in [-0.3, -0.25) is 4.79 Å². The van der Waals surface area contributed by atoms with Crippen LogP contribution in [0.2, 0.25) is 0 Å². The van der Waals surface area contributed by atoms with Crippen molar-refractivity contribution in [3.8, 4) is 10.6 Å². The molecule has 0 saturated heterocycles. The van der Waals surface area contributed by atoms with Gasteiger partial charge in [0.05, 0.1) is 27.2 Å². The molecule has 0 unspecified atom stereocenters. The standard InChI is InChI=1S/C19H15N3O2S/c1-11-5-3-6-13(9-11)20-18(23)14-10-15(16-7-4-8-25-16)21-19-17(14)12(2)22-24-19/h3-10H,1-2H3,(H,20,23). The summed E-state index contributed by atoms with van der Waals surface area (Å²) in [6.45, 7) is 3.79. The van der Waals surface area contributed by atoms with E-state index in [1.54, 1.807) is 17.4 Å². The van der Waals surface area contributed by atoms with Crippen LogP contribution in [0, 0.1) is 13.8 Å². The molecule has 4 aromatic rings. The lowest BCUT2D eigenvalue weighted by Crippen LogP contribution is -2.13. The number of carbonyl (C=O) groups is 1. The molecule has 25 heavy (non-hydrogen) atoms. The van der Waals surface area contributed by atoms with E-state index in [-0.39, 0.29) is 5.91 Å².